The van der Waals surface area contributed by atoms with Crippen molar-refractivity contribution in [1.82, 2.24) is 0 Å². The normalized spacial score (nSPS) is 13.8. The maximum atomic E-state index is 10.9. The second-order valence-corrected chi connectivity index (χ2v) is 2.84. The lowest BCUT2D eigenvalue weighted by Gasteiger charge is -1.96. The smallest absolute Gasteiger partial charge is 0.228 e. The number of anilines is 1. The molecule has 12 heavy (non-hydrogen) atoms. The van der Waals surface area contributed by atoms with Gasteiger partial charge in [-0.05, 0) is 23.8 Å². The zero-order valence-electron chi connectivity index (χ0n) is 6.20. The molecule has 1 heterocycles. The number of hydrogen-bond donors (Lipinski definition) is 1. The Morgan fingerprint density at radius 2 is 2.33 bits per heavy atom. The molecule has 0 atom stereocenters. The van der Waals surface area contributed by atoms with Gasteiger partial charge in [-0.2, -0.15) is 4.36 Å². The van der Waals surface area contributed by atoms with Gasteiger partial charge in [0.1, 0.15) is 0 Å². The Hall–Kier alpha value is -1.29. The number of hydrogen-bond acceptors (Lipinski definition) is 3. The third-order valence-corrected chi connectivity index (χ3v) is 2.03. The molecule has 3 nitrogen and oxygen atoms in total. The largest absolute Gasteiger partial charge is 0.326 e. The second kappa shape index (κ2) is 2.64. The van der Waals surface area contributed by atoms with Gasteiger partial charge in [-0.1, -0.05) is 0 Å². The maximum absolute atomic E-state index is 10.9. The number of fused-ring (bicyclic) bond motifs is 1. The van der Waals surface area contributed by atoms with Crippen LogP contribution in [0.2, 0.25) is 0 Å². The summed E-state index contributed by atoms with van der Waals surface area (Å²) in [5.41, 5.74) is 2.59. The van der Waals surface area contributed by atoms with Crippen LogP contribution in [0.25, 0.3) is 0 Å². The lowest BCUT2D eigenvalue weighted by atomic mass is 10.1. The quantitative estimate of drug-likeness (QED) is 0.708. The Morgan fingerprint density at radius 3 is 3.08 bits per heavy atom. The van der Waals surface area contributed by atoms with Crippen molar-refractivity contribution in [3.8, 4) is 0 Å². The van der Waals surface area contributed by atoms with Crippen molar-refractivity contribution >= 4 is 29.7 Å². The zero-order chi connectivity index (χ0) is 8.55. The summed E-state index contributed by atoms with van der Waals surface area (Å²) in [5.74, 6) is 0.0338. The molecule has 0 unspecified atom stereocenters. The highest BCUT2D eigenvalue weighted by atomic mass is 32.1. The van der Waals surface area contributed by atoms with Crippen LogP contribution in [-0.2, 0) is 23.6 Å². The number of benzene rings is 1. The van der Waals surface area contributed by atoms with E-state index in [9.17, 15) is 4.79 Å². The van der Waals surface area contributed by atoms with E-state index >= 15 is 0 Å². The van der Waals surface area contributed by atoms with Crippen LogP contribution in [0.15, 0.2) is 22.6 Å². The molecule has 1 N–H and O–H groups in total. The van der Waals surface area contributed by atoms with E-state index in [1.54, 1.807) is 6.07 Å². The molecule has 0 spiro atoms. The molecule has 0 fully saturated rings. The Morgan fingerprint density at radius 1 is 1.50 bits per heavy atom. The molecular weight excluding hydrogens is 172 g/mol. The lowest BCUT2D eigenvalue weighted by molar-refractivity contribution is -0.115. The van der Waals surface area contributed by atoms with Gasteiger partial charge in [0.2, 0.25) is 5.91 Å². The molecule has 1 aromatic rings. The highest BCUT2D eigenvalue weighted by molar-refractivity contribution is 7.47. The van der Waals surface area contributed by atoms with Crippen LogP contribution >= 0.6 is 0 Å². The van der Waals surface area contributed by atoms with Gasteiger partial charge in [0.05, 0.1) is 12.1 Å². The SMILES string of the molecule is O=C1Cc2cc(N=S)ccc2N1. The van der Waals surface area contributed by atoms with Crippen LogP contribution in [0.5, 0.6) is 0 Å². The van der Waals surface area contributed by atoms with Crippen molar-refractivity contribution in [2.75, 3.05) is 5.32 Å². The number of nitrogens with zero attached hydrogens (tertiary/aromatic N) is 1. The summed E-state index contributed by atoms with van der Waals surface area (Å²) < 4.78 is 3.62. The van der Waals surface area contributed by atoms with E-state index in [1.165, 1.54) is 0 Å². The van der Waals surface area contributed by atoms with E-state index in [0.29, 0.717) is 6.42 Å². The fourth-order valence-electron chi connectivity index (χ4n) is 1.27. The lowest BCUT2D eigenvalue weighted by Crippen LogP contribution is -2.03. The fraction of sp³-hybridized carbons (Fsp3) is 0.125. The van der Waals surface area contributed by atoms with Crippen LogP contribution in [0.4, 0.5) is 11.4 Å². The number of amides is 1. The molecule has 60 valence electrons. The van der Waals surface area contributed by atoms with E-state index in [-0.39, 0.29) is 5.91 Å². The Balaban J connectivity index is 2.48. The van der Waals surface area contributed by atoms with Gasteiger partial charge < -0.3 is 5.32 Å². The minimum absolute atomic E-state index is 0.0338. The highest BCUT2D eigenvalue weighted by Gasteiger charge is 2.16. The monoisotopic (exact) mass is 178 g/mol. The predicted molar refractivity (Wildman–Crippen MR) is 48.2 cm³/mol. The molecule has 0 radical (unpaired) electrons. The number of carbonyl (C=O) groups excluding carboxylic acids is 1. The number of carbonyl (C=O) groups is 1. The van der Waals surface area contributed by atoms with Crippen LogP contribution in [0.3, 0.4) is 0 Å². The van der Waals surface area contributed by atoms with Gasteiger partial charge in [0, 0.05) is 18.1 Å². The topological polar surface area (TPSA) is 41.5 Å². The van der Waals surface area contributed by atoms with Gasteiger partial charge in [-0.25, -0.2) is 0 Å². The first-order chi connectivity index (χ1) is 5.79. The van der Waals surface area contributed by atoms with Crippen LogP contribution in [0, 0.1) is 0 Å². The summed E-state index contributed by atoms with van der Waals surface area (Å²) in [4.78, 5) is 10.9. The van der Waals surface area contributed by atoms with Gasteiger partial charge in [0.15, 0.2) is 0 Å². The number of rotatable bonds is 1. The molecule has 0 saturated carbocycles. The molecule has 1 aromatic carbocycles. The third-order valence-electron chi connectivity index (χ3n) is 1.82. The second-order valence-electron chi connectivity index (χ2n) is 2.66. The van der Waals surface area contributed by atoms with E-state index in [2.05, 4.69) is 22.1 Å². The molecular formula is C8H6N2OS. The molecule has 0 bridgehead atoms. The summed E-state index contributed by atoms with van der Waals surface area (Å²) in [6, 6.07) is 5.45. The fourth-order valence-corrected chi connectivity index (χ4v) is 1.39. The minimum atomic E-state index is 0.0338. The van der Waals surface area contributed by atoms with Crippen molar-refractivity contribution in [3.05, 3.63) is 23.8 Å². The first-order valence-electron chi connectivity index (χ1n) is 3.56. The van der Waals surface area contributed by atoms with Gasteiger partial charge in [0.25, 0.3) is 0 Å². The average Bonchev–Trinajstić information content (AvgIpc) is 2.43. The molecule has 1 aliphatic rings. The predicted octanol–water partition coefficient (Wildman–Crippen LogP) is 1.54. The molecule has 1 aliphatic heterocycles. The standard InChI is InChI=1S/C8H6N2OS/c11-8-4-5-3-6(10-12)1-2-7(5)9-8/h1-3H,4H2,(H,9,11). The maximum Gasteiger partial charge on any atom is 0.228 e. The van der Waals surface area contributed by atoms with Crippen molar-refractivity contribution in [1.29, 1.82) is 0 Å². The first-order valence-corrected chi connectivity index (χ1v) is 3.92. The van der Waals surface area contributed by atoms with E-state index in [0.717, 1.165) is 16.9 Å². The van der Waals surface area contributed by atoms with Crippen molar-refractivity contribution in [2.24, 2.45) is 4.36 Å². The summed E-state index contributed by atoms with van der Waals surface area (Å²) in [6.45, 7) is 0. The van der Waals surface area contributed by atoms with Gasteiger partial charge in [-0.15, -0.1) is 0 Å². The molecule has 0 aliphatic carbocycles. The molecule has 0 aromatic heterocycles. The Kier molecular flexibility index (Phi) is 1.62. The van der Waals surface area contributed by atoms with Crippen LogP contribution in [0.1, 0.15) is 5.56 Å². The average molecular weight is 178 g/mol. The van der Waals surface area contributed by atoms with E-state index in [4.69, 9.17) is 0 Å². The van der Waals surface area contributed by atoms with Crippen molar-refractivity contribution < 1.29 is 4.79 Å². The Labute approximate surface area is 75.0 Å². The molecule has 1 amide bonds. The summed E-state index contributed by atoms with van der Waals surface area (Å²) in [6.07, 6.45) is 0.439. The van der Waals surface area contributed by atoms with Crippen LogP contribution < -0.4 is 5.32 Å². The zero-order valence-corrected chi connectivity index (χ0v) is 7.02. The summed E-state index contributed by atoms with van der Waals surface area (Å²) in [5, 5.41) is 2.73. The molecule has 0 saturated heterocycles. The molecule has 4 heteroatoms. The van der Waals surface area contributed by atoms with Crippen molar-refractivity contribution in [3.63, 3.8) is 0 Å². The Bertz CT molecular complexity index is 362. The minimum Gasteiger partial charge on any atom is -0.326 e. The van der Waals surface area contributed by atoms with Gasteiger partial charge in [-0.3, -0.25) is 4.79 Å². The summed E-state index contributed by atoms with van der Waals surface area (Å²) in [7, 11) is 0. The van der Waals surface area contributed by atoms with E-state index < -0.39 is 0 Å². The highest BCUT2D eigenvalue weighted by Crippen LogP contribution is 2.26. The molecule has 2 rings (SSSR count). The van der Waals surface area contributed by atoms with Gasteiger partial charge >= 0.3 is 0 Å². The third kappa shape index (κ3) is 1.10. The van der Waals surface area contributed by atoms with Crippen molar-refractivity contribution in [2.45, 2.75) is 6.42 Å². The summed E-state index contributed by atoms with van der Waals surface area (Å²) >= 11 is 4.54. The van der Waals surface area contributed by atoms with E-state index in [1.807, 2.05) is 12.1 Å². The number of nitrogens with one attached hydrogen (secondary N) is 1. The van der Waals surface area contributed by atoms with Crippen LogP contribution in [-0.4, -0.2) is 5.91 Å². The first kappa shape index (κ1) is 7.36.